The van der Waals surface area contributed by atoms with E-state index in [1.165, 1.54) is 0 Å². The summed E-state index contributed by atoms with van der Waals surface area (Å²) in [7, 11) is 1.59. The molecule has 0 amide bonds. The monoisotopic (exact) mass is 248 g/mol. The summed E-state index contributed by atoms with van der Waals surface area (Å²) in [5.41, 5.74) is 2.13. The van der Waals surface area contributed by atoms with Crippen LogP contribution in [0.15, 0.2) is 18.2 Å². The second kappa shape index (κ2) is 4.86. The minimum Gasteiger partial charge on any atom is -0.492 e. The molecular weight excluding hydrogens is 236 g/mol. The van der Waals surface area contributed by atoms with Gasteiger partial charge in [-0.05, 0) is 25.5 Å². The summed E-state index contributed by atoms with van der Waals surface area (Å²) in [6.07, 6.45) is 0. The Hall–Kier alpha value is -0.740. The van der Waals surface area contributed by atoms with Crippen LogP contribution in [-0.2, 0) is 9.05 Å². The first-order chi connectivity index (χ1) is 6.88. The molecule has 0 N–H and O–H groups in total. The molecule has 15 heavy (non-hydrogen) atoms. The lowest BCUT2D eigenvalue weighted by Gasteiger charge is -2.08. The van der Waals surface area contributed by atoms with Gasteiger partial charge in [-0.2, -0.15) is 0 Å². The zero-order chi connectivity index (χ0) is 11.5. The molecule has 0 saturated carbocycles. The van der Waals surface area contributed by atoms with E-state index in [2.05, 4.69) is 0 Å². The molecule has 1 aromatic rings. The Morgan fingerprint density at radius 1 is 1.33 bits per heavy atom. The van der Waals surface area contributed by atoms with Gasteiger partial charge in [0.2, 0.25) is 9.05 Å². The summed E-state index contributed by atoms with van der Waals surface area (Å²) in [4.78, 5) is 0. The zero-order valence-corrected chi connectivity index (χ0v) is 10.2. The molecule has 0 atom stereocenters. The van der Waals surface area contributed by atoms with Crippen LogP contribution < -0.4 is 4.74 Å². The largest absolute Gasteiger partial charge is 0.492 e. The fourth-order valence-electron chi connectivity index (χ4n) is 1.21. The summed E-state index contributed by atoms with van der Waals surface area (Å²) in [5.74, 6) is 0.517. The zero-order valence-electron chi connectivity index (χ0n) is 8.66. The normalized spacial score (nSPS) is 11.4. The predicted octanol–water partition coefficient (Wildman–Crippen LogP) is 2.25. The summed E-state index contributed by atoms with van der Waals surface area (Å²) >= 11 is 0. The first kappa shape index (κ1) is 12.3. The van der Waals surface area contributed by atoms with E-state index in [0.29, 0.717) is 5.75 Å². The Morgan fingerprint density at radius 3 is 2.53 bits per heavy atom. The first-order valence-corrected chi connectivity index (χ1v) is 6.99. The van der Waals surface area contributed by atoms with E-state index in [-0.39, 0.29) is 12.4 Å². The summed E-state index contributed by atoms with van der Waals surface area (Å²) in [6.45, 7) is 3.98. The van der Waals surface area contributed by atoms with Crippen LogP contribution in [0.3, 0.4) is 0 Å². The van der Waals surface area contributed by atoms with Gasteiger partial charge in [-0.25, -0.2) is 8.42 Å². The molecule has 0 unspecified atom stereocenters. The molecule has 0 aliphatic heterocycles. The Balaban J connectivity index is 2.59. The number of aryl methyl sites for hydroxylation is 2. The molecule has 3 nitrogen and oxygen atoms in total. The van der Waals surface area contributed by atoms with E-state index in [4.69, 9.17) is 15.4 Å². The third-order valence-corrected chi connectivity index (χ3v) is 3.03. The van der Waals surface area contributed by atoms with E-state index in [0.717, 1.165) is 11.1 Å². The van der Waals surface area contributed by atoms with Crippen LogP contribution in [0.4, 0.5) is 0 Å². The van der Waals surface area contributed by atoms with Crippen LogP contribution in [-0.4, -0.2) is 20.8 Å². The van der Waals surface area contributed by atoms with Gasteiger partial charge >= 0.3 is 0 Å². The van der Waals surface area contributed by atoms with Crippen molar-refractivity contribution in [1.29, 1.82) is 0 Å². The third kappa shape index (κ3) is 4.53. The Morgan fingerprint density at radius 2 is 2.00 bits per heavy atom. The number of hydrogen-bond donors (Lipinski definition) is 0. The highest BCUT2D eigenvalue weighted by Gasteiger charge is 2.06. The van der Waals surface area contributed by atoms with Crippen molar-refractivity contribution in [2.75, 3.05) is 12.4 Å². The Kier molecular flexibility index (Phi) is 3.99. The molecule has 0 saturated heterocycles. The van der Waals surface area contributed by atoms with E-state index >= 15 is 0 Å². The van der Waals surface area contributed by atoms with Crippen molar-refractivity contribution in [3.63, 3.8) is 0 Å². The Labute approximate surface area is 94.4 Å². The van der Waals surface area contributed by atoms with Crippen molar-refractivity contribution in [2.45, 2.75) is 13.8 Å². The lowest BCUT2D eigenvalue weighted by Crippen LogP contribution is -2.09. The molecule has 0 bridgehead atoms. The molecule has 1 rings (SSSR count). The van der Waals surface area contributed by atoms with Crippen molar-refractivity contribution in [3.05, 3.63) is 29.3 Å². The van der Waals surface area contributed by atoms with E-state index in [1.54, 1.807) is 0 Å². The standard InChI is InChI=1S/C10H13ClO3S/c1-8-3-4-10(9(2)7-8)14-5-6-15(11,12)13/h3-4,7H,5-6H2,1-2H3. The number of hydrogen-bond acceptors (Lipinski definition) is 3. The quantitative estimate of drug-likeness (QED) is 0.768. The molecule has 0 aliphatic rings. The van der Waals surface area contributed by atoms with Crippen LogP contribution in [0.1, 0.15) is 11.1 Å². The van der Waals surface area contributed by atoms with Crippen LogP contribution in [0.5, 0.6) is 5.75 Å². The lowest BCUT2D eigenvalue weighted by molar-refractivity contribution is 0.339. The SMILES string of the molecule is Cc1ccc(OCCS(=O)(=O)Cl)c(C)c1. The third-order valence-electron chi connectivity index (χ3n) is 1.92. The number of ether oxygens (including phenoxy) is 1. The highest BCUT2D eigenvalue weighted by molar-refractivity contribution is 8.13. The fraction of sp³-hybridized carbons (Fsp3) is 0.400. The van der Waals surface area contributed by atoms with E-state index < -0.39 is 9.05 Å². The van der Waals surface area contributed by atoms with Gasteiger partial charge in [0.1, 0.15) is 12.4 Å². The van der Waals surface area contributed by atoms with Crippen molar-refractivity contribution in [3.8, 4) is 5.75 Å². The van der Waals surface area contributed by atoms with E-state index in [1.807, 2.05) is 32.0 Å². The Bertz CT molecular complexity index is 440. The van der Waals surface area contributed by atoms with Crippen molar-refractivity contribution in [2.24, 2.45) is 0 Å². The number of benzene rings is 1. The minimum absolute atomic E-state index is 0.0791. The lowest BCUT2D eigenvalue weighted by atomic mass is 10.1. The summed E-state index contributed by atoms with van der Waals surface area (Å²) in [5, 5.41) is 0. The number of rotatable bonds is 4. The van der Waals surface area contributed by atoms with Crippen LogP contribution in [0, 0.1) is 13.8 Å². The molecule has 0 aromatic heterocycles. The molecule has 0 heterocycles. The smallest absolute Gasteiger partial charge is 0.235 e. The average Bonchev–Trinajstić information content (AvgIpc) is 2.07. The highest BCUT2D eigenvalue weighted by Crippen LogP contribution is 2.18. The second-order valence-corrected chi connectivity index (χ2v) is 6.26. The summed E-state index contributed by atoms with van der Waals surface area (Å²) in [6, 6.07) is 5.72. The first-order valence-electron chi connectivity index (χ1n) is 4.51. The molecule has 84 valence electrons. The van der Waals surface area contributed by atoms with Gasteiger partial charge in [0.05, 0.1) is 5.75 Å². The summed E-state index contributed by atoms with van der Waals surface area (Å²) < 4.78 is 26.6. The van der Waals surface area contributed by atoms with Gasteiger partial charge in [0, 0.05) is 10.7 Å². The molecule has 0 radical (unpaired) electrons. The maximum Gasteiger partial charge on any atom is 0.235 e. The van der Waals surface area contributed by atoms with Gasteiger partial charge in [0.25, 0.3) is 0 Å². The van der Waals surface area contributed by atoms with Gasteiger partial charge < -0.3 is 4.74 Å². The molecule has 1 aromatic carbocycles. The van der Waals surface area contributed by atoms with Crippen molar-refractivity contribution < 1.29 is 13.2 Å². The van der Waals surface area contributed by atoms with Crippen molar-refractivity contribution >= 4 is 19.7 Å². The maximum absolute atomic E-state index is 10.6. The van der Waals surface area contributed by atoms with Gasteiger partial charge in [0.15, 0.2) is 0 Å². The maximum atomic E-state index is 10.6. The highest BCUT2D eigenvalue weighted by atomic mass is 35.7. The van der Waals surface area contributed by atoms with Gasteiger partial charge in [-0.15, -0.1) is 0 Å². The molecule has 0 aliphatic carbocycles. The minimum atomic E-state index is -3.47. The van der Waals surface area contributed by atoms with Crippen LogP contribution in [0.25, 0.3) is 0 Å². The van der Waals surface area contributed by atoms with E-state index in [9.17, 15) is 8.42 Å². The molecule has 0 spiro atoms. The molecule has 5 heteroatoms. The van der Waals surface area contributed by atoms with Gasteiger partial charge in [-0.1, -0.05) is 17.7 Å². The topological polar surface area (TPSA) is 43.4 Å². The predicted molar refractivity (Wildman–Crippen MR) is 61.1 cm³/mol. The van der Waals surface area contributed by atoms with Gasteiger partial charge in [-0.3, -0.25) is 0 Å². The fourth-order valence-corrected chi connectivity index (χ4v) is 1.68. The molecular formula is C10H13ClO3S. The number of halogens is 1. The molecule has 0 fully saturated rings. The second-order valence-electron chi connectivity index (χ2n) is 3.36. The van der Waals surface area contributed by atoms with Crippen LogP contribution >= 0.6 is 10.7 Å². The average molecular weight is 249 g/mol. The van der Waals surface area contributed by atoms with Crippen LogP contribution in [0.2, 0.25) is 0 Å². The van der Waals surface area contributed by atoms with Crippen molar-refractivity contribution in [1.82, 2.24) is 0 Å².